The maximum Gasteiger partial charge on any atom is 0.416 e. The average Bonchev–Trinajstić information content (AvgIpc) is 3.17. The van der Waals surface area contributed by atoms with Crippen molar-refractivity contribution in [3.63, 3.8) is 0 Å². The summed E-state index contributed by atoms with van der Waals surface area (Å²) in [5, 5.41) is 15.3. The summed E-state index contributed by atoms with van der Waals surface area (Å²) >= 11 is 5.91. The van der Waals surface area contributed by atoms with Crippen molar-refractivity contribution in [1.29, 1.82) is 0 Å². The third-order valence-electron chi connectivity index (χ3n) is 3.77. The number of rotatable bonds is 4. The van der Waals surface area contributed by atoms with Gasteiger partial charge in [-0.1, -0.05) is 11.6 Å². The van der Waals surface area contributed by atoms with Crippen molar-refractivity contribution in [1.82, 2.24) is 9.55 Å². The molecule has 0 fully saturated rings. The first-order valence-electron chi connectivity index (χ1n) is 7.86. The molecule has 0 saturated carbocycles. The number of nitrogens with one attached hydrogen (secondary N) is 2. The van der Waals surface area contributed by atoms with E-state index in [-0.39, 0.29) is 27.8 Å². The first kappa shape index (κ1) is 20.1. The Morgan fingerprint density at radius 3 is 2.45 bits per heavy atom. The normalized spacial score (nSPS) is 11.2. The molecule has 0 aliphatic rings. The van der Waals surface area contributed by atoms with Crippen LogP contribution in [0.2, 0.25) is 5.02 Å². The number of carbonyl (C=O) groups is 1. The molecule has 0 atom stereocenters. The minimum atomic E-state index is -4.61. The van der Waals surface area contributed by atoms with Crippen LogP contribution in [0.3, 0.4) is 0 Å². The molecule has 0 unspecified atom stereocenters. The summed E-state index contributed by atoms with van der Waals surface area (Å²) in [6.07, 6.45) is -0.321. The maximum absolute atomic E-state index is 13.1. The van der Waals surface area contributed by atoms with Gasteiger partial charge in [-0.25, -0.2) is 9.78 Å². The van der Waals surface area contributed by atoms with Crippen LogP contribution in [0.15, 0.2) is 55.1 Å². The van der Waals surface area contributed by atoms with Crippen LogP contribution in [0.5, 0.6) is 0 Å². The lowest BCUT2D eigenvalue weighted by Gasteiger charge is -2.16. The zero-order chi connectivity index (χ0) is 21.2. The predicted molar refractivity (Wildman–Crippen MR) is 99.3 cm³/mol. The molecule has 2 N–H and O–H groups in total. The van der Waals surface area contributed by atoms with Gasteiger partial charge in [-0.05, 0) is 24.3 Å². The van der Waals surface area contributed by atoms with Crippen molar-refractivity contribution in [2.24, 2.45) is 0 Å². The highest BCUT2D eigenvalue weighted by molar-refractivity contribution is 6.34. The van der Waals surface area contributed by atoms with E-state index in [9.17, 15) is 28.1 Å². The Labute approximate surface area is 166 Å². The number of hydrogen-bond acceptors (Lipinski definition) is 4. The zero-order valence-electron chi connectivity index (χ0n) is 14.3. The van der Waals surface area contributed by atoms with Gasteiger partial charge in [0, 0.05) is 24.5 Å². The second kappa shape index (κ2) is 7.80. The average molecular weight is 426 g/mol. The molecule has 3 rings (SSSR count). The third kappa shape index (κ3) is 4.63. The van der Waals surface area contributed by atoms with Crippen molar-refractivity contribution < 1.29 is 22.9 Å². The van der Waals surface area contributed by atoms with Gasteiger partial charge in [0.1, 0.15) is 0 Å². The van der Waals surface area contributed by atoms with Crippen LogP contribution in [0.4, 0.5) is 35.0 Å². The molecule has 1 heterocycles. The van der Waals surface area contributed by atoms with E-state index in [0.29, 0.717) is 0 Å². The summed E-state index contributed by atoms with van der Waals surface area (Å²) in [5.41, 5.74) is -1.06. The van der Waals surface area contributed by atoms with E-state index in [1.807, 2.05) is 0 Å². The minimum Gasteiger partial charge on any atom is -0.306 e. The molecule has 12 heteroatoms. The second-order valence-electron chi connectivity index (χ2n) is 5.70. The summed E-state index contributed by atoms with van der Waals surface area (Å²) in [6.45, 7) is 0. The molecule has 2 amide bonds. The summed E-state index contributed by atoms with van der Waals surface area (Å²) in [4.78, 5) is 26.2. The number of nitro benzene ring substituents is 1. The highest BCUT2D eigenvalue weighted by Crippen LogP contribution is 2.33. The predicted octanol–water partition coefficient (Wildman–Crippen LogP) is 5.10. The molecule has 2 aromatic carbocycles. The number of amides is 2. The maximum atomic E-state index is 13.1. The van der Waals surface area contributed by atoms with E-state index >= 15 is 0 Å². The fourth-order valence-corrected chi connectivity index (χ4v) is 2.66. The highest BCUT2D eigenvalue weighted by atomic mass is 35.5. The standard InChI is InChI=1S/C17H11ClF3N5O3/c18-12-8-11(26(28)29)2-3-13(12)23-16(27)24-14-7-10(17(19,20)21)1-4-15(14)25-6-5-22-9-25/h1-9H,(H2,23,24,27). The fraction of sp³-hybridized carbons (Fsp3) is 0.0588. The second-order valence-corrected chi connectivity index (χ2v) is 6.11. The van der Waals surface area contributed by atoms with Gasteiger partial charge in [0.15, 0.2) is 0 Å². The zero-order valence-corrected chi connectivity index (χ0v) is 15.0. The lowest BCUT2D eigenvalue weighted by Crippen LogP contribution is -2.21. The molecule has 1 aromatic heterocycles. The number of alkyl halides is 3. The lowest BCUT2D eigenvalue weighted by atomic mass is 10.1. The number of anilines is 2. The van der Waals surface area contributed by atoms with Crippen LogP contribution in [0.1, 0.15) is 5.56 Å². The highest BCUT2D eigenvalue weighted by Gasteiger charge is 2.31. The van der Waals surface area contributed by atoms with E-state index < -0.39 is 22.7 Å². The molecule has 0 aliphatic carbocycles. The van der Waals surface area contributed by atoms with Crippen LogP contribution < -0.4 is 10.6 Å². The topological polar surface area (TPSA) is 102 Å². The smallest absolute Gasteiger partial charge is 0.306 e. The Balaban J connectivity index is 1.88. The summed E-state index contributed by atoms with van der Waals surface area (Å²) < 4.78 is 40.6. The number of imidazole rings is 1. The number of benzene rings is 2. The van der Waals surface area contributed by atoms with Gasteiger partial charge < -0.3 is 15.2 Å². The molecule has 150 valence electrons. The molecule has 29 heavy (non-hydrogen) atoms. The lowest BCUT2D eigenvalue weighted by molar-refractivity contribution is -0.384. The van der Waals surface area contributed by atoms with Crippen molar-refractivity contribution in [2.45, 2.75) is 6.18 Å². The molecule has 8 nitrogen and oxygen atoms in total. The molecule has 0 spiro atoms. The van der Waals surface area contributed by atoms with Crippen LogP contribution in [-0.2, 0) is 6.18 Å². The number of carbonyl (C=O) groups excluding carboxylic acids is 1. The van der Waals surface area contributed by atoms with E-state index in [1.165, 1.54) is 35.4 Å². The summed E-state index contributed by atoms with van der Waals surface area (Å²) in [6, 6.07) is 5.35. The SMILES string of the molecule is O=C(Nc1ccc([N+](=O)[O-])cc1Cl)Nc1cc(C(F)(F)F)ccc1-n1ccnc1. The van der Waals surface area contributed by atoms with Gasteiger partial charge >= 0.3 is 12.2 Å². The van der Waals surface area contributed by atoms with Crippen molar-refractivity contribution in [2.75, 3.05) is 10.6 Å². The van der Waals surface area contributed by atoms with Gasteiger partial charge in [-0.3, -0.25) is 10.1 Å². The Bertz CT molecular complexity index is 1070. The van der Waals surface area contributed by atoms with Gasteiger partial charge in [0.2, 0.25) is 0 Å². The molecular formula is C17H11ClF3N5O3. The van der Waals surface area contributed by atoms with Gasteiger partial charge in [0.05, 0.1) is 38.9 Å². The molecule has 0 radical (unpaired) electrons. The quantitative estimate of drug-likeness (QED) is 0.448. The largest absolute Gasteiger partial charge is 0.416 e. The Morgan fingerprint density at radius 2 is 1.86 bits per heavy atom. The molecular weight excluding hydrogens is 415 g/mol. The van der Waals surface area contributed by atoms with Crippen molar-refractivity contribution >= 4 is 34.7 Å². The third-order valence-corrected chi connectivity index (χ3v) is 4.08. The Hall–Kier alpha value is -3.60. The van der Waals surface area contributed by atoms with E-state index in [4.69, 9.17) is 11.6 Å². The number of aromatic nitrogens is 2. The van der Waals surface area contributed by atoms with Crippen molar-refractivity contribution in [3.8, 4) is 5.69 Å². The number of non-ortho nitro benzene ring substituents is 1. The summed E-state index contributed by atoms with van der Waals surface area (Å²) in [7, 11) is 0. The number of halogens is 4. The van der Waals surface area contributed by atoms with Gasteiger partial charge in [-0.15, -0.1) is 0 Å². The first-order valence-corrected chi connectivity index (χ1v) is 8.24. The molecule has 3 aromatic rings. The fourth-order valence-electron chi connectivity index (χ4n) is 2.43. The Morgan fingerprint density at radius 1 is 1.14 bits per heavy atom. The van der Waals surface area contributed by atoms with Gasteiger partial charge in [-0.2, -0.15) is 13.2 Å². The number of nitrogens with zero attached hydrogens (tertiary/aromatic N) is 3. The first-order chi connectivity index (χ1) is 13.6. The minimum absolute atomic E-state index is 0.0472. The van der Waals surface area contributed by atoms with E-state index in [1.54, 1.807) is 0 Å². The van der Waals surface area contributed by atoms with Crippen LogP contribution in [0, 0.1) is 10.1 Å². The summed E-state index contributed by atoms with van der Waals surface area (Å²) in [5.74, 6) is 0. The van der Waals surface area contributed by atoms with Crippen LogP contribution in [-0.4, -0.2) is 20.5 Å². The molecule has 0 aliphatic heterocycles. The Kier molecular flexibility index (Phi) is 5.41. The number of hydrogen-bond donors (Lipinski definition) is 2. The van der Waals surface area contributed by atoms with E-state index in [2.05, 4.69) is 15.6 Å². The molecule has 0 saturated heterocycles. The van der Waals surface area contributed by atoms with Crippen molar-refractivity contribution in [3.05, 3.63) is 75.8 Å². The number of nitro groups is 1. The van der Waals surface area contributed by atoms with Crippen LogP contribution >= 0.6 is 11.6 Å². The molecule has 0 bridgehead atoms. The van der Waals surface area contributed by atoms with Crippen LogP contribution in [0.25, 0.3) is 5.69 Å². The van der Waals surface area contributed by atoms with Gasteiger partial charge in [0.25, 0.3) is 5.69 Å². The monoisotopic (exact) mass is 425 g/mol. The van der Waals surface area contributed by atoms with E-state index in [0.717, 1.165) is 24.3 Å². The number of urea groups is 1.